The molecule has 0 aliphatic carbocycles. The molecule has 6 heteroatoms. The van der Waals surface area contributed by atoms with Crippen molar-refractivity contribution in [1.29, 1.82) is 0 Å². The molecule has 2 amide bonds. The van der Waals surface area contributed by atoms with Gasteiger partial charge in [-0.05, 0) is 45.2 Å². The van der Waals surface area contributed by atoms with Crippen LogP contribution in [-0.2, 0) is 4.74 Å². The lowest BCUT2D eigenvalue weighted by Gasteiger charge is -2.21. The molecule has 1 atom stereocenters. The van der Waals surface area contributed by atoms with Crippen LogP contribution in [0.1, 0.15) is 37.6 Å². The second-order valence-electron chi connectivity index (χ2n) is 6.81. The van der Waals surface area contributed by atoms with Gasteiger partial charge in [-0.1, -0.05) is 12.1 Å². The summed E-state index contributed by atoms with van der Waals surface area (Å²) in [6, 6.07) is 6.53. The van der Waals surface area contributed by atoms with Crippen LogP contribution >= 0.6 is 0 Å². The van der Waals surface area contributed by atoms with E-state index in [2.05, 4.69) is 5.32 Å². The largest absolute Gasteiger partial charge is 0.507 e. The van der Waals surface area contributed by atoms with E-state index in [9.17, 15) is 14.7 Å². The predicted octanol–water partition coefficient (Wildman–Crippen LogP) is 2.38. The van der Waals surface area contributed by atoms with Gasteiger partial charge in [0, 0.05) is 19.6 Å². The van der Waals surface area contributed by atoms with Crippen LogP contribution in [0, 0.1) is 5.92 Å². The monoisotopic (exact) mass is 320 g/mol. The quantitative estimate of drug-likeness (QED) is 0.896. The Bertz CT molecular complexity index is 580. The number of hydrogen-bond acceptors (Lipinski definition) is 4. The minimum Gasteiger partial charge on any atom is -0.507 e. The standard InChI is InChI=1S/C17H24N2O4/c1-17(2,3)23-16(22)18-10-12-8-9-19(11-12)15(21)13-6-4-5-7-14(13)20/h4-7,12,20H,8-11H2,1-3H3,(H,18,22)/t12-/m0/s1. The van der Waals surface area contributed by atoms with Crippen molar-refractivity contribution in [2.24, 2.45) is 5.92 Å². The highest BCUT2D eigenvalue weighted by Crippen LogP contribution is 2.22. The summed E-state index contributed by atoms with van der Waals surface area (Å²) in [5.41, 5.74) is -0.208. The Hall–Kier alpha value is -2.24. The summed E-state index contributed by atoms with van der Waals surface area (Å²) in [6.07, 6.45) is 0.373. The van der Waals surface area contributed by atoms with Crippen LogP contribution in [0.25, 0.3) is 0 Å². The fraction of sp³-hybridized carbons (Fsp3) is 0.529. The lowest BCUT2D eigenvalue weighted by molar-refractivity contribution is 0.0520. The van der Waals surface area contributed by atoms with Gasteiger partial charge in [-0.2, -0.15) is 0 Å². The number of carbonyl (C=O) groups is 2. The molecule has 1 heterocycles. The molecule has 0 spiro atoms. The van der Waals surface area contributed by atoms with Gasteiger partial charge in [-0.25, -0.2) is 4.79 Å². The molecule has 1 aliphatic rings. The Morgan fingerprint density at radius 2 is 2.04 bits per heavy atom. The van der Waals surface area contributed by atoms with Gasteiger partial charge in [-0.15, -0.1) is 0 Å². The number of benzene rings is 1. The van der Waals surface area contributed by atoms with Gasteiger partial charge >= 0.3 is 6.09 Å². The topological polar surface area (TPSA) is 78.9 Å². The summed E-state index contributed by atoms with van der Waals surface area (Å²) in [4.78, 5) is 25.7. The van der Waals surface area contributed by atoms with E-state index in [0.29, 0.717) is 25.2 Å². The second-order valence-corrected chi connectivity index (χ2v) is 6.81. The number of likely N-dealkylation sites (tertiary alicyclic amines) is 1. The first-order chi connectivity index (χ1) is 10.8. The molecule has 1 fully saturated rings. The van der Waals surface area contributed by atoms with E-state index in [1.165, 1.54) is 6.07 Å². The number of phenolic OH excluding ortho intramolecular Hbond substituents is 1. The van der Waals surface area contributed by atoms with Gasteiger partial charge in [0.25, 0.3) is 5.91 Å². The molecule has 2 N–H and O–H groups in total. The number of alkyl carbamates (subject to hydrolysis) is 1. The molecule has 1 aromatic carbocycles. The molecule has 2 rings (SSSR count). The first-order valence-corrected chi connectivity index (χ1v) is 7.80. The van der Waals surface area contributed by atoms with Crippen LogP contribution in [-0.4, -0.2) is 47.2 Å². The minimum atomic E-state index is -0.521. The summed E-state index contributed by atoms with van der Waals surface area (Å²) in [5.74, 6) is 0.00743. The van der Waals surface area contributed by atoms with Gasteiger partial charge in [0.2, 0.25) is 0 Å². The second kappa shape index (κ2) is 6.89. The first-order valence-electron chi connectivity index (χ1n) is 7.80. The summed E-state index contributed by atoms with van der Waals surface area (Å²) in [5, 5.41) is 12.5. The third-order valence-corrected chi connectivity index (χ3v) is 3.64. The van der Waals surface area contributed by atoms with Crippen LogP contribution in [0.15, 0.2) is 24.3 Å². The van der Waals surface area contributed by atoms with Gasteiger partial charge < -0.3 is 20.1 Å². The van der Waals surface area contributed by atoms with E-state index in [4.69, 9.17) is 4.74 Å². The van der Waals surface area contributed by atoms with Crippen LogP contribution in [0.3, 0.4) is 0 Å². The lowest BCUT2D eigenvalue weighted by Crippen LogP contribution is -2.36. The Morgan fingerprint density at radius 1 is 1.35 bits per heavy atom. The Balaban J connectivity index is 1.83. The molecule has 23 heavy (non-hydrogen) atoms. The van der Waals surface area contributed by atoms with Crippen molar-refractivity contribution < 1.29 is 19.4 Å². The average Bonchev–Trinajstić information content (AvgIpc) is 2.92. The normalized spacial score (nSPS) is 17.9. The Labute approximate surface area is 136 Å². The van der Waals surface area contributed by atoms with Crippen LogP contribution < -0.4 is 5.32 Å². The van der Waals surface area contributed by atoms with Gasteiger partial charge in [-0.3, -0.25) is 4.79 Å². The van der Waals surface area contributed by atoms with Crippen molar-refractivity contribution >= 4 is 12.0 Å². The van der Waals surface area contributed by atoms with Crippen molar-refractivity contribution in [2.75, 3.05) is 19.6 Å². The first kappa shape index (κ1) is 17.1. The number of carbonyl (C=O) groups excluding carboxylic acids is 2. The van der Waals surface area contributed by atoms with E-state index in [1.54, 1.807) is 23.1 Å². The van der Waals surface area contributed by atoms with E-state index in [1.807, 2.05) is 20.8 Å². The molecule has 1 saturated heterocycles. The summed E-state index contributed by atoms with van der Waals surface area (Å²) in [6.45, 7) is 7.09. The van der Waals surface area contributed by atoms with Crippen molar-refractivity contribution in [3.05, 3.63) is 29.8 Å². The zero-order valence-electron chi connectivity index (χ0n) is 13.8. The number of nitrogens with zero attached hydrogens (tertiary/aromatic N) is 1. The van der Waals surface area contributed by atoms with Crippen molar-refractivity contribution in [1.82, 2.24) is 10.2 Å². The number of phenols is 1. The molecule has 0 aromatic heterocycles. The zero-order chi connectivity index (χ0) is 17.0. The van der Waals surface area contributed by atoms with Crippen LogP contribution in [0.4, 0.5) is 4.79 Å². The van der Waals surface area contributed by atoms with E-state index < -0.39 is 11.7 Å². The number of aromatic hydroxyl groups is 1. The molecule has 0 unspecified atom stereocenters. The molecule has 1 aromatic rings. The highest BCUT2D eigenvalue weighted by atomic mass is 16.6. The molecular weight excluding hydrogens is 296 g/mol. The number of nitrogens with one attached hydrogen (secondary N) is 1. The lowest BCUT2D eigenvalue weighted by atomic mass is 10.1. The number of ether oxygens (including phenoxy) is 1. The van der Waals surface area contributed by atoms with E-state index >= 15 is 0 Å². The molecule has 0 bridgehead atoms. The third-order valence-electron chi connectivity index (χ3n) is 3.64. The molecule has 1 aliphatic heterocycles. The summed E-state index contributed by atoms with van der Waals surface area (Å²) in [7, 11) is 0. The highest BCUT2D eigenvalue weighted by Gasteiger charge is 2.28. The molecular formula is C17H24N2O4. The SMILES string of the molecule is CC(C)(C)OC(=O)NC[C@@H]1CCN(C(=O)c2ccccc2O)C1. The maximum Gasteiger partial charge on any atom is 0.407 e. The van der Waals surface area contributed by atoms with Gasteiger partial charge in [0.15, 0.2) is 0 Å². The molecule has 0 radical (unpaired) electrons. The maximum absolute atomic E-state index is 12.4. The van der Waals surface area contributed by atoms with E-state index in [-0.39, 0.29) is 17.6 Å². The Kier molecular flexibility index (Phi) is 5.13. The highest BCUT2D eigenvalue weighted by molar-refractivity contribution is 5.96. The van der Waals surface area contributed by atoms with Crippen molar-refractivity contribution in [2.45, 2.75) is 32.8 Å². The minimum absolute atomic E-state index is 0.00664. The Morgan fingerprint density at radius 3 is 2.70 bits per heavy atom. The smallest absolute Gasteiger partial charge is 0.407 e. The maximum atomic E-state index is 12.4. The summed E-state index contributed by atoms with van der Waals surface area (Å²) >= 11 is 0. The summed E-state index contributed by atoms with van der Waals surface area (Å²) < 4.78 is 5.19. The molecule has 126 valence electrons. The van der Waals surface area contributed by atoms with Crippen molar-refractivity contribution in [3.63, 3.8) is 0 Å². The average molecular weight is 320 g/mol. The van der Waals surface area contributed by atoms with Crippen LogP contribution in [0.2, 0.25) is 0 Å². The molecule has 0 saturated carbocycles. The predicted molar refractivity (Wildman–Crippen MR) is 86.4 cm³/mol. The fourth-order valence-electron chi connectivity index (χ4n) is 2.55. The number of para-hydroxylation sites is 1. The number of hydrogen-bond donors (Lipinski definition) is 2. The van der Waals surface area contributed by atoms with Crippen molar-refractivity contribution in [3.8, 4) is 5.75 Å². The number of rotatable bonds is 3. The van der Waals surface area contributed by atoms with Crippen LogP contribution in [0.5, 0.6) is 5.75 Å². The third kappa shape index (κ3) is 4.87. The number of amides is 2. The molecule has 6 nitrogen and oxygen atoms in total. The van der Waals surface area contributed by atoms with E-state index in [0.717, 1.165) is 6.42 Å². The zero-order valence-corrected chi connectivity index (χ0v) is 13.8. The fourth-order valence-corrected chi connectivity index (χ4v) is 2.55. The van der Waals surface area contributed by atoms with Gasteiger partial charge in [0.1, 0.15) is 11.4 Å². The van der Waals surface area contributed by atoms with Gasteiger partial charge in [0.05, 0.1) is 5.56 Å².